The molecule has 1 atom stereocenters. The number of amides is 1. The van der Waals surface area contributed by atoms with Gasteiger partial charge in [-0.05, 0) is 40.9 Å². The average molecular weight is 444 g/mol. The second kappa shape index (κ2) is 6.01. The number of hydrogen-bond donors (Lipinski definition) is 0. The number of anilines is 1. The summed E-state index contributed by atoms with van der Waals surface area (Å²) >= 11 is 3.66. The summed E-state index contributed by atoms with van der Waals surface area (Å²) < 4.78 is 15.7. The predicted octanol–water partition coefficient (Wildman–Crippen LogP) is 4.16. The first-order chi connectivity index (χ1) is 13.0. The maximum atomic E-state index is 13.2. The van der Waals surface area contributed by atoms with E-state index in [1.807, 2.05) is 43.6 Å². The molecule has 1 amide bonds. The van der Waals surface area contributed by atoms with Crippen LogP contribution in [0.1, 0.15) is 31.2 Å². The molecule has 1 unspecified atom stereocenters. The minimum Gasteiger partial charge on any atom is -0.313 e. The lowest BCUT2D eigenvalue weighted by Crippen LogP contribution is -2.36. The van der Waals surface area contributed by atoms with Crippen molar-refractivity contribution in [3.8, 4) is 0 Å². The second-order valence-corrected chi connectivity index (χ2v) is 9.45. The van der Waals surface area contributed by atoms with Gasteiger partial charge < -0.3 is 4.90 Å². The number of aromatic nitrogens is 2. The molecular weight excluding hydrogens is 426 g/mol. The molecule has 1 aliphatic heterocycles. The van der Waals surface area contributed by atoms with Crippen molar-refractivity contribution in [2.45, 2.75) is 36.0 Å². The zero-order chi connectivity index (χ0) is 18.8. The van der Waals surface area contributed by atoms with Crippen molar-refractivity contribution in [1.29, 1.82) is 0 Å². The fourth-order valence-corrected chi connectivity index (χ4v) is 6.44. The number of fused-ring (bicyclic) bond motifs is 4. The van der Waals surface area contributed by atoms with E-state index in [9.17, 15) is 9.00 Å². The summed E-state index contributed by atoms with van der Waals surface area (Å²) in [6.45, 7) is 0. The van der Waals surface area contributed by atoms with Crippen LogP contribution in [-0.2, 0) is 21.2 Å². The van der Waals surface area contributed by atoms with E-state index in [2.05, 4.69) is 20.9 Å². The summed E-state index contributed by atoms with van der Waals surface area (Å²) in [5, 5.41) is 0.913. The molecule has 0 saturated heterocycles. The molecule has 27 heavy (non-hydrogen) atoms. The van der Waals surface area contributed by atoms with Crippen molar-refractivity contribution < 1.29 is 9.00 Å². The van der Waals surface area contributed by atoms with Crippen LogP contribution in [0.4, 0.5) is 5.69 Å². The van der Waals surface area contributed by atoms with E-state index < -0.39 is 16.4 Å². The molecule has 5 nitrogen and oxygen atoms in total. The Hall–Kier alpha value is -1.99. The Kier molecular flexibility index (Phi) is 3.81. The molecule has 2 aromatic heterocycles. The van der Waals surface area contributed by atoms with Crippen LogP contribution < -0.4 is 4.90 Å². The summed E-state index contributed by atoms with van der Waals surface area (Å²) in [6, 6.07) is 9.35. The largest absolute Gasteiger partial charge is 0.313 e. The van der Waals surface area contributed by atoms with Crippen molar-refractivity contribution in [2.75, 3.05) is 11.9 Å². The lowest BCUT2D eigenvalue weighted by atomic mass is 9.79. The molecule has 0 bridgehead atoms. The van der Waals surface area contributed by atoms with Gasteiger partial charge in [-0.1, -0.05) is 31.0 Å². The van der Waals surface area contributed by atoms with E-state index in [4.69, 9.17) is 0 Å². The van der Waals surface area contributed by atoms with Crippen LogP contribution in [0.5, 0.6) is 0 Å². The number of carbonyl (C=O) groups excluding carboxylic acids is 1. The third kappa shape index (κ3) is 2.24. The van der Waals surface area contributed by atoms with Crippen LogP contribution in [0.2, 0.25) is 0 Å². The number of hydrogen-bond acceptors (Lipinski definition) is 3. The number of nitrogens with zero attached hydrogens (tertiary/aromatic N) is 3. The molecule has 3 aromatic rings. The molecule has 3 heterocycles. The van der Waals surface area contributed by atoms with Crippen LogP contribution in [0.25, 0.3) is 11.0 Å². The van der Waals surface area contributed by atoms with Crippen LogP contribution in [0, 0.1) is 0 Å². The number of halogens is 1. The molecule has 1 fully saturated rings. The zero-order valence-corrected chi connectivity index (χ0v) is 17.2. The summed E-state index contributed by atoms with van der Waals surface area (Å²) in [4.78, 5) is 20.2. The first-order valence-electron chi connectivity index (χ1n) is 9.00. The smallest absolute Gasteiger partial charge is 0.237 e. The summed E-state index contributed by atoms with van der Waals surface area (Å²) in [5.74, 6) is 0.160. The van der Waals surface area contributed by atoms with E-state index in [1.165, 1.54) is 0 Å². The Balaban J connectivity index is 1.78. The lowest BCUT2D eigenvalue weighted by molar-refractivity contribution is -0.122. The maximum Gasteiger partial charge on any atom is 0.237 e. The van der Waals surface area contributed by atoms with Gasteiger partial charge in [0.15, 0.2) is 16.6 Å². The number of likely N-dealkylation sites (N-methyl/N-ethyl adjacent to an activating group) is 1. The van der Waals surface area contributed by atoms with Crippen molar-refractivity contribution in [2.24, 2.45) is 0 Å². The SMILES string of the molecule is CN1C(=O)C2(CCCC2)c2c1cnc1c2c(Br)cn1S(=O)c1ccccc1. The third-order valence-corrected chi connectivity index (χ3v) is 7.76. The first kappa shape index (κ1) is 17.1. The quantitative estimate of drug-likeness (QED) is 0.597. The maximum absolute atomic E-state index is 13.2. The van der Waals surface area contributed by atoms with E-state index >= 15 is 0 Å². The molecule has 0 radical (unpaired) electrons. The van der Waals surface area contributed by atoms with Gasteiger partial charge in [-0.25, -0.2) is 13.2 Å². The fourth-order valence-electron chi connectivity index (χ4n) is 4.61. The zero-order valence-electron chi connectivity index (χ0n) is 14.8. The number of pyridine rings is 1. The molecule has 1 spiro atoms. The standard InChI is InChI=1S/C20H18BrN3O2S/c1-23-15-11-22-18-16(17(15)20(19(23)25)9-5-6-10-20)14(21)12-24(18)27(26)13-7-3-2-4-8-13/h2-4,7-8,11-12H,5-6,9-10H2,1H3. The third-order valence-electron chi connectivity index (χ3n) is 5.85. The van der Waals surface area contributed by atoms with Gasteiger partial charge in [-0.15, -0.1) is 0 Å². The minimum absolute atomic E-state index is 0.160. The molecule has 5 rings (SSSR count). The monoisotopic (exact) mass is 443 g/mol. The van der Waals surface area contributed by atoms with Crippen molar-refractivity contribution in [3.05, 3.63) is 52.8 Å². The lowest BCUT2D eigenvalue weighted by Gasteiger charge is -2.22. The molecule has 2 aliphatic rings. The Morgan fingerprint density at radius 2 is 1.89 bits per heavy atom. The number of rotatable bonds is 2. The van der Waals surface area contributed by atoms with Crippen LogP contribution in [-0.4, -0.2) is 26.1 Å². The predicted molar refractivity (Wildman–Crippen MR) is 109 cm³/mol. The van der Waals surface area contributed by atoms with Gasteiger partial charge in [0, 0.05) is 28.7 Å². The molecule has 138 valence electrons. The van der Waals surface area contributed by atoms with E-state index in [1.54, 1.807) is 15.1 Å². The Labute approximate surface area is 168 Å². The van der Waals surface area contributed by atoms with Gasteiger partial charge in [-0.2, -0.15) is 0 Å². The van der Waals surface area contributed by atoms with Crippen molar-refractivity contribution in [1.82, 2.24) is 8.96 Å². The Morgan fingerprint density at radius 3 is 2.59 bits per heavy atom. The molecular formula is C20H18BrN3O2S. The highest BCUT2D eigenvalue weighted by Gasteiger charge is 2.52. The van der Waals surface area contributed by atoms with Gasteiger partial charge >= 0.3 is 0 Å². The Morgan fingerprint density at radius 1 is 1.19 bits per heavy atom. The first-order valence-corrected chi connectivity index (χ1v) is 10.9. The van der Waals surface area contributed by atoms with Gasteiger partial charge in [0.25, 0.3) is 0 Å². The van der Waals surface area contributed by atoms with E-state index in [0.717, 1.165) is 46.8 Å². The van der Waals surface area contributed by atoms with E-state index in [-0.39, 0.29) is 5.91 Å². The fraction of sp³-hybridized carbons (Fsp3) is 0.300. The van der Waals surface area contributed by atoms with Crippen molar-refractivity contribution in [3.63, 3.8) is 0 Å². The van der Waals surface area contributed by atoms with Crippen LogP contribution >= 0.6 is 15.9 Å². The van der Waals surface area contributed by atoms with Gasteiger partial charge in [0.1, 0.15) is 0 Å². The van der Waals surface area contributed by atoms with Gasteiger partial charge in [-0.3, -0.25) is 4.79 Å². The average Bonchev–Trinajstić information content (AvgIpc) is 3.37. The van der Waals surface area contributed by atoms with Gasteiger partial charge in [0.05, 0.1) is 22.2 Å². The summed E-state index contributed by atoms with van der Waals surface area (Å²) in [7, 11) is 0.426. The van der Waals surface area contributed by atoms with Crippen LogP contribution in [0.15, 0.2) is 52.1 Å². The molecule has 1 aromatic carbocycles. The highest BCUT2D eigenvalue weighted by Crippen LogP contribution is 2.54. The van der Waals surface area contributed by atoms with Crippen LogP contribution in [0.3, 0.4) is 0 Å². The molecule has 1 aliphatic carbocycles. The highest BCUT2D eigenvalue weighted by atomic mass is 79.9. The number of benzene rings is 1. The minimum atomic E-state index is -1.40. The normalized spacial score (nSPS) is 19.2. The summed E-state index contributed by atoms with van der Waals surface area (Å²) in [5.41, 5.74) is 2.11. The van der Waals surface area contributed by atoms with Crippen molar-refractivity contribution >= 4 is 49.5 Å². The number of carbonyl (C=O) groups is 1. The van der Waals surface area contributed by atoms with Gasteiger partial charge in [0.2, 0.25) is 5.91 Å². The Bertz CT molecular complexity index is 1100. The van der Waals surface area contributed by atoms with E-state index in [0.29, 0.717) is 10.5 Å². The second-order valence-electron chi connectivity index (χ2n) is 7.24. The molecule has 7 heteroatoms. The molecule has 0 N–H and O–H groups in total. The summed E-state index contributed by atoms with van der Waals surface area (Å²) in [6.07, 6.45) is 7.41. The molecule has 1 saturated carbocycles. The highest BCUT2D eigenvalue weighted by molar-refractivity contribution is 9.10. The topological polar surface area (TPSA) is 55.2 Å².